The van der Waals surface area contributed by atoms with Crippen molar-refractivity contribution in [1.29, 1.82) is 0 Å². The smallest absolute Gasteiger partial charge is 0.269 e. The van der Waals surface area contributed by atoms with E-state index in [9.17, 15) is 10.1 Å². The average molecular weight is 318 g/mol. The highest BCUT2D eigenvalue weighted by Gasteiger charge is 2.27. The van der Waals surface area contributed by atoms with Gasteiger partial charge in [0, 0.05) is 63.1 Å². The maximum Gasteiger partial charge on any atom is 0.269 e. The maximum absolute atomic E-state index is 10.9. The summed E-state index contributed by atoms with van der Waals surface area (Å²) in [5.41, 5.74) is 2.32. The first-order valence-corrected chi connectivity index (χ1v) is 8.47. The van der Waals surface area contributed by atoms with Gasteiger partial charge in [-0.25, -0.2) is 0 Å². The number of benzene rings is 1. The number of nitro groups is 1. The van der Waals surface area contributed by atoms with Crippen molar-refractivity contribution in [2.24, 2.45) is 0 Å². The minimum absolute atomic E-state index is 0.179. The summed E-state index contributed by atoms with van der Waals surface area (Å²) in [7, 11) is 2.19. The number of nitrogens with zero attached hydrogens (tertiary/aromatic N) is 4. The zero-order valence-corrected chi connectivity index (χ0v) is 14.1. The summed E-state index contributed by atoms with van der Waals surface area (Å²) in [5, 5.41) is 10.9. The number of piperazine rings is 1. The summed E-state index contributed by atoms with van der Waals surface area (Å²) in [6.45, 7) is 8.74. The molecule has 1 aromatic carbocycles. The Kier molecular flexibility index (Phi) is 4.82. The second-order valence-electron chi connectivity index (χ2n) is 6.79. The molecule has 0 N–H and O–H groups in total. The lowest BCUT2D eigenvalue weighted by Crippen LogP contribution is -2.52. The Morgan fingerprint density at radius 3 is 2.30 bits per heavy atom. The van der Waals surface area contributed by atoms with Gasteiger partial charge in [-0.2, -0.15) is 0 Å². The molecule has 0 bridgehead atoms. The maximum atomic E-state index is 10.9. The predicted molar refractivity (Wildman–Crippen MR) is 92.1 cm³/mol. The second kappa shape index (κ2) is 6.84. The zero-order chi connectivity index (χ0) is 16.4. The molecule has 2 heterocycles. The van der Waals surface area contributed by atoms with Crippen LogP contribution in [0.4, 0.5) is 11.4 Å². The fourth-order valence-electron chi connectivity index (χ4n) is 3.77. The molecule has 0 aromatic heterocycles. The van der Waals surface area contributed by atoms with Crippen molar-refractivity contribution in [3.05, 3.63) is 33.9 Å². The van der Waals surface area contributed by atoms with Gasteiger partial charge in [-0.3, -0.25) is 15.0 Å². The molecule has 1 aromatic rings. The van der Waals surface area contributed by atoms with Crippen molar-refractivity contribution < 1.29 is 4.92 Å². The molecule has 23 heavy (non-hydrogen) atoms. The first-order chi connectivity index (χ1) is 11.0. The van der Waals surface area contributed by atoms with Crippen molar-refractivity contribution in [2.75, 3.05) is 51.2 Å². The van der Waals surface area contributed by atoms with Crippen LogP contribution in [0.2, 0.25) is 0 Å². The summed E-state index contributed by atoms with van der Waals surface area (Å²) in [5.74, 6) is 0. The Bertz CT molecular complexity index is 562. The van der Waals surface area contributed by atoms with Gasteiger partial charge in [0.2, 0.25) is 0 Å². The molecule has 2 aliphatic rings. The van der Waals surface area contributed by atoms with E-state index in [-0.39, 0.29) is 10.6 Å². The fraction of sp³-hybridized carbons (Fsp3) is 0.647. The summed E-state index contributed by atoms with van der Waals surface area (Å²) >= 11 is 0. The molecular weight excluding hydrogens is 292 g/mol. The van der Waals surface area contributed by atoms with Crippen LogP contribution in [0.5, 0.6) is 0 Å². The summed E-state index contributed by atoms with van der Waals surface area (Å²) in [6.07, 6.45) is 2.36. The van der Waals surface area contributed by atoms with Crippen LogP contribution in [-0.4, -0.2) is 67.1 Å². The average Bonchev–Trinajstić information content (AvgIpc) is 2.56. The van der Waals surface area contributed by atoms with E-state index >= 15 is 0 Å². The summed E-state index contributed by atoms with van der Waals surface area (Å²) in [4.78, 5) is 18.0. The van der Waals surface area contributed by atoms with Crippen molar-refractivity contribution >= 4 is 11.4 Å². The zero-order valence-electron chi connectivity index (χ0n) is 14.1. The first kappa shape index (κ1) is 16.2. The third-order valence-corrected chi connectivity index (χ3v) is 5.25. The van der Waals surface area contributed by atoms with Gasteiger partial charge in [0.15, 0.2) is 0 Å². The lowest BCUT2D eigenvalue weighted by atomic mass is 10.0. The molecule has 2 aliphatic heterocycles. The Morgan fingerprint density at radius 2 is 1.74 bits per heavy atom. The lowest BCUT2D eigenvalue weighted by Gasteiger charge is -2.42. The van der Waals surface area contributed by atoms with Crippen LogP contribution >= 0.6 is 0 Å². The normalized spacial score (nSPS) is 21.6. The minimum atomic E-state index is -0.323. The Balaban J connectivity index is 1.59. The standard InChI is InChI=1S/C17H26N4O2/c1-14-13-16(21(22)23)3-4-17(14)20-7-5-15(6-8-20)19-11-9-18(2)10-12-19/h3-4,13,15H,5-12H2,1-2H3. The molecule has 0 unspecified atom stereocenters. The molecule has 126 valence electrons. The number of aryl methyl sites for hydroxylation is 1. The first-order valence-electron chi connectivity index (χ1n) is 8.47. The van der Waals surface area contributed by atoms with Gasteiger partial charge in [-0.1, -0.05) is 0 Å². The number of piperidine rings is 1. The van der Waals surface area contributed by atoms with Gasteiger partial charge in [0.05, 0.1) is 4.92 Å². The number of hydrogen-bond donors (Lipinski definition) is 0. The van der Waals surface area contributed by atoms with Gasteiger partial charge >= 0.3 is 0 Å². The van der Waals surface area contributed by atoms with Gasteiger partial charge < -0.3 is 9.80 Å². The van der Waals surface area contributed by atoms with Crippen LogP contribution in [0.25, 0.3) is 0 Å². The molecule has 3 rings (SSSR count). The Morgan fingerprint density at radius 1 is 1.09 bits per heavy atom. The molecule has 6 heteroatoms. The molecule has 2 saturated heterocycles. The van der Waals surface area contributed by atoms with E-state index in [1.165, 1.54) is 39.0 Å². The monoisotopic (exact) mass is 318 g/mol. The van der Waals surface area contributed by atoms with Crippen molar-refractivity contribution in [1.82, 2.24) is 9.80 Å². The van der Waals surface area contributed by atoms with E-state index < -0.39 is 0 Å². The number of non-ortho nitro benzene ring substituents is 1. The Labute approximate surface area is 137 Å². The van der Waals surface area contributed by atoms with Gasteiger partial charge in [-0.15, -0.1) is 0 Å². The van der Waals surface area contributed by atoms with Crippen LogP contribution in [0.15, 0.2) is 18.2 Å². The fourth-order valence-corrected chi connectivity index (χ4v) is 3.77. The van der Waals surface area contributed by atoms with Crippen LogP contribution in [0.1, 0.15) is 18.4 Å². The van der Waals surface area contributed by atoms with E-state index in [0.717, 1.165) is 24.3 Å². The van der Waals surface area contributed by atoms with Crippen LogP contribution < -0.4 is 4.90 Å². The van der Waals surface area contributed by atoms with Gasteiger partial charge in [0.25, 0.3) is 5.69 Å². The molecule has 0 spiro atoms. The quantitative estimate of drug-likeness (QED) is 0.631. The number of rotatable bonds is 3. The molecule has 0 amide bonds. The topological polar surface area (TPSA) is 52.9 Å². The minimum Gasteiger partial charge on any atom is -0.371 e. The number of anilines is 1. The number of hydrogen-bond acceptors (Lipinski definition) is 5. The Hall–Kier alpha value is -1.66. The molecule has 2 fully saturated rings. The highest BCUT2D eigenvalue weighted by Crippen LogP contribution is 2.28. The van der Waals surface area contributed by atoms with Crippen LogP contribution in [0, 0.1) is 17.0 Å². The SMILES string of the molecule is Cc1cc([N+](=O)[O-])ccc1N1CCC(N2CCN(C)CC2)CC1. The third kappa shape index (κ3) is 3.64. The van der Waals surface area contributed by atoms with E-state index in [0.29, 0.717) is 6.04 Å². The van der Waals surface area contributed by atoms with Crippen molar-refractivity contribution in [2.45, 2.75) is 25.8 Å². The molecular formula is C17H26N4O2. The van der Waals surface area contributed by atoms with Gasteiger partial charge in [-0.05, 0) is 38.4 Å². The summed E-state index contributed by atoms with van der Waals surface area (Å²) in [6, 6.07) is 5.90. The van der Waals surface area contributed by atoms with E-state index in [1.807, 2.05) is 13.0 Å². The summed E-state index contributed by atoms with van der Waals surface area (Å²) < 4.78 is 0. The highest BCUT2D eigenvalue weighted by atomic mass is 16.6. The number of likely N-dealkylation sites (N-methyl/N-ethyl adjacent to an activating group) is 1. The second-order valence-corrected chi connectivity index (χ2v) is 6.79. The van der Waals surface area contributed by atoms with E-state index in [1.54, 1.807) is 12.1 Å². The molecule has 0 atom stereocenters. The molecule has 0 radical (unpaired) electrons. The molecule has 6 nitrogen and oxygen atoms in total. The van der Waals surface area contributed by atoms with E-state index in [4.69, 9.17) is 0 Å². The largest absolute Gasteiger partial charge is 0.371 e. The lowest BCUT2D eigenvalue weighted by molar-refractivity contribution is -0.384. The third-order valence-electron chi connectivity index (χ3n) is 5.25. The molecule has 0 aliphatic carbocycles. The van der Waals surface area contributed by atoms with E-state index in [2.05, 4.69) is 21.7 Å². The molecule has 0 saturated carbocycles. The van der Waals surface area contributed by atoms with Crippen LogP contribution in [-0.2, 0) is 0 Å². The number of nitro benzene ring substituents is 1. The van der Waals surface area contributed by atoms with Crippen LogP contribution in [0.3, 0.4) is 0 Å². The van der Waals surface area contributed by atoms with Crippen molar-refractivity contribution in [3.63, 3.8) is 0 Å². The van der Waals surface area contributed by atoms with Gasteiger partial charge in [0.1, 0.15) is 0 Å². The van der Waals surface area contributed by atoms with Crippen molar-refractivity contribution in [3.8, 4) is 0 Å². The highest BCUT2D eigenvalue weighted by molar-refractivity contribution is 5.57. The predicted octanol–water partition coefficient (Wildman–Crippen LogP) is 2.12.